The number of nitrogens with zero attached hydrogens (tertiary/aromatic N) is 3. The molecule has 1 aliphatic rings. The molecule has 9 heteroatoms. The molecule has 2 heterocycles. The molecule has 23 heavy (non-hydrogen) atoms. The first-order chi connectivity index (χ1) is 11.1. The second kappa shape index (κ2) is 6.19. The molecule has 0 aromatic carbocycles. The highest BCUT2D eigenvalue weighted by Crippen LogP contribution is 2.35. The molecule has 1 amide bonds. The molecule has 2 aromatic heterocycles. The fourth-order valence-electron chi connectivity index (χ4n) is 2.40. The number of aromatic nitrogens is 4. The Morgan fingerprint density at radius 2 is 2.17 bits per heavy atom. The first-order valence-corrected chi connectivity index (χ1v) is 7.52. The summed E-state index contributed by atoms with van der Waals surface area (Å²) in [6.45, 7) is 2.32. The molecule has 0 spiro atoms. The van der Waals surface area contributed by atoms with Gasteiger partial charge in [-0.05, 0) is 19.8 Å². The third-order valence-electron chi connectivity index (χ3n) is 3.93. The van der Waals surface area contributed by atoms with Crippen molar-refractivity contribution in [3.05, 3.63) is 44.3 Å². The number of hydrogen-bond acceptors (Lipinski definition) is 6. The molecule has 0 bridgehead atoms. The molecule has 122 valence electrons. The van der Waals surface area contributed by atoms with Crippen molar-refractivity contribution >= 4 is 5.91 Å². The SMILES string of the molecule is CCN(Cc1noc(C2CCC2)n1)C(=O)c1cc(=O)[nH]c(=O)[nH]1. The van der Waals surface area contributed by atoms with Crippen molar-refractivity contribution in [1.82, 2.24) is 25.0 Å². The summed E-state index contributed by atoms with van der Waals surface area (Å²) in [6, 6.07) is 1.06. The van der Waals surface area contributed by atoms with Gasteiger partial charge in [0.2, 0.25) is 5.89 Å². The number of carbonyl (C=O) groups excluding carboxylic acids is 1. The smallest absolute Gasteiger partial charge is 0.326 e. The highest BCUT2D eigenvalue weighted by molar-refractivity contribution is 5.92. The molecule has 0 atom stereocenters. The van der Waals surface area contributed by atoms with E-state index in [0.717, 1.165) is 25.3 Å². The summed E-state index contributed by atoms with van der Waals surface area (Å²) in [4.78, 5) is 45.1. The fraction of sp³-hybridized carbons (Fsp3) is 0.500. The van der Waals surface area contributed by atoms with Crippen molar-refractivity contribution in [2.45, 2.75) is 38.6 Å². The Hall–Kier alpha value is -2.71. The minimum Gasteiger partial charge on any atom is -0.339 e. The van der Waals surface area contributed by atoms with E-state index in [1.807, 2.05) is 4.98 Å². The van der Waals surface area contributed by atoms with Crippen LogP contribution < -0.4 is 11.2 Å². The van der Waals surface area contributed by atoms with Crippen LogP contribution in [0.2, 0.25) is 0 Å². The van der Waals surface area contributed by atoms with Gasteiger partial charge in [-0.15, -0.1) is 0 Å². The standard InChI is InChI=1S/C14H17N5O4/c1-2-19(13(21)9-6-11(20)17-14(22)15-9)7-10-16-12(23-18-10)8-4-3-5-8/h6,8H,2-5,7H2,1H3,(H2,15,17,20,22). The Labute approximate surface area is 130 Å². The van der Waals surface area contributed by atoms with Crippen molar-refractivity contribution in [3.63, 3.8) is 0 Å². The minimum absolute atomic E-state index is 0.0664. The van der Waals surface area contributed by atoms with Crippen molar-refractivity contribution < 1.29 is 9.32 Å². The molecule has 9 nitrogen and oxygen atoms in total. The number of rotatable bonds is 5. The van der Waals surface area contributed by atoms with Gasteiger partial charge in [0.05, 0.1) is 6.54 Å². The summed E-state index contributed by atoms with van der Waals surface area (Å²) in [7, 11) is 0. The Kier molecular flexibility index (Phi) is 4.09. The second-order valence-corrected chi connectivity index (χ2v) is 5.50. The van der Waals surface area contributed by atoms with E-state index < -0.39 is 17.2 Å². The van der Waals surface area contributed by atoms with Crippen LogP contribution in [0.5, 0.6) is 0 Å². The lowest BCUT2D eigenvalue weighted by Crippen LogP contribution is -2.34. The van der Waals surface area contributed by atoms with Crippen molar-refractivity contribution in [2.24, 2.45) is 0 Å². The number of aromatic amines is 2. The molecule has 2 N–H and O–H groups in total. The molecular formula is C14H17N5O4. The Morgan fingerprint density at radius 3 is 2.78 bits per heavy atom. The van der Waals surface area contributed by atoms with E-state index in [0.29, 0.717) is 24.2 Å². The summed E-state index contributed by atoms with van der Waals surface area (Å²) < 4.78 is 5.23. The molecule has 1 fully saturated rings. The zero-order chi connectivity index (χ0) is 16.4. The third kappa shape index (κ3) is 3.22. The van der Waals surface area contributed by atoms with Crippen LogP contribution in [-0.2, 0) is 6.54 Å². The average molecular weight is 319 g/mol. The Bertz CT molecular complexity index is 789. The van der Waals surface area contributed by atoms with Crippen LogP contribution in [0.4, 0.5) is 0 Å². The first kappa shape index (κ1) is 15.2. The molecule has 0 aliphatic heterocycles. The molecule has 1 saturated carbocycles. The first-order valence-electron chi connectivity index (χ1n) is 7.52. The van der Waals surface area contributed by atoms with Gasteiger partial charge in [0.25, 0.3) is 11.5 Å². The minimum atomic E-state index is -0.719. The van der Waals surface area contributed by atoms with E-state index in [1.54, 1.807) is 6.92 Å². The lowest BCUT2D eigenvalue weighted by Gasteiger charge is -2.20. The molecular weight excluding hydrogens is 302 g/mol. The molecule has 2 aromatic rings. The number of carbonyl (C=O) groups is 1. The van der Waals surface area contributed by atoms with E-state index in [4.69, 9.17) is 4.52 Å². The normalized spacial score (nSPS) is 14.5. The van der Waals surface area contributed by atoms with E-state index in [-0.39, 0.29) is 12.2 Å². The zero-order valence-electron chi connectivity index (χ0n) is 12.7. The summed E-state index contributed by atoms with van der Waals surface area (Å²) >= 11 is 0. The Balaban J connectivity index is 1.76. The average Bonchev–Trinajstić information content (AvgIpc) is 2.89. The van der Waals surface area contributed by atoms with Crippen LogP contribution in [-0.4, -0.2) is 37.5 Å². The maximum absolute atomic E-state index is 12.4. The number of H-pyrrole nitrogens is 2. The summed E-state index contributed by atoms with van der Waals surface area (Å²) in [5.74, 6) is 0.880. The maximum atomic E-state index is 12.4. The van der Waals surface area contributed by atoms with Crippen LogP contribution in [0.3, 0.4) is 0 Å². The quantitative estimate of drug-likeness (QED) is 0.820. The van der Waals surface area contributed by atoms with Gasteiger partial charge in [-0.3, -0.25) is 14.6 Å². The molecule has 0 radical (unpaired) electrons. The number of amides is 1. The molecule has 0 unspecified atom stereocenters. The molecule has 1 aliphatic carbocycles. The summed E-state index contributed by atoms with van der Waals surface area (Å²) in [5.41, 5.74) is -1.41. The van der Waals surface area contributed by atoms with Crippen molar-refractivity contribution in [3.8, 4) is 0 Å². The van der Waals surface area contributed by atoms with Gasteiger partial charge in [0.15, 0.2) is 5.82 Å². The van der Waals surface area contributed by atoms with Gasteiger partial charge in [0, 0.05) is 18.5 Å². The van der Waals surface area contributed by atoms with Gasteiger partial charge in [-0.1, -0.05) is 11.6 Å². The van der Waals surface area contributed by atoms with Gasteiger partial charge < -0.3 is 14.4 Å². The predicted octanol–water partition coefficient (Wildman–Crippen LogP) is 0.376. The van der Waals surface area contributed by atoms with Crippen LogP contribution >= 0.6 is 0 Å². The molecule has 0 saturated heterocycles. The second-order valence-electron chi connectivity index (χ2n) is 5.50. The van der Waals surface area contributed by atoms with Crippen LogP contribution in [0.25, 0.3) is 0 Å². The highest BCUT2D eigenvalue weighted by atomic mass is 16.5. The van der Waals surface area contributed by atoms with E-state index >= 15 is 0 Å². The van der Waals surface area contributed by atoms with E-state index in [9.17, 15) is 14.4 Å². The highest BCUT2D eigenvalue weighted by Gasteiger charge is 2.26. The van der Waals surface area contributed by atoms with Crippen LogP contribution in [0, 0.1) is 0 Å². The third-order valence-corrected chi connectivity index (χ3v) is 3.93. The van der Waals surface area contributed by atoms with Gasteiger partial charge in [-0.25, -0.2) is 4.79 Å². The van der Waals surface area contributed by atoms with E-state index in [1.165, 1.54) is 4.90 Å². The van der Waals surface area contributed by atoms with E-state index in [2.05, 4.69) is 15.1 Å². The number of nitrogens with one attached hydrogen (secondary N) is 2. The van der Waals surface area contributed by atoms with Crippen molar-refractivity contribution in [1.29, 1.82) is 0 Å². The Morgan fingerprint density at radius 1 is 1.39 bits per heavy atom. The predicted molar refractivity (Wildman–Crippen MR) is 79.0 cm³/mol. The maximum Gasteiger partial charge on any atom is 0.326 e. The van der Waals surface area contributed by atoms with Gasteiger partial charge in [0.1, 0.15) is 5.69 Å². The summed E-state index contributed by atoms with van der Waals surface area (Å²) in [6.07, 6.45) is 3.26. The largest absolute Gasteiger partial charge is 0.339 e. The lowest BCUT2D eigenvalue weighted by molar-refractivity contribution is 0.0740. The fourth-order valence-corrected chi connectivity index (χ4v) is 2.40. The van der Waals surface area contributed by atoms with Crippen LogP contribution in [0.15, 0.2) is 20.2 Å². The van der Waals surface area contributed by atoms with Crippen LogP contribution in [0.1, 0.15) is 54.3 Å². The van der Waals surface area contributed by atoms with Gasteiger partial charge >= 0.3 is 5.69 Å². The van der Waals surface area contributed by atoms with Gasteiger partial charge in [-0.2, -0.15) is 4.98 Å². The topological polar surface area (TPSA) is 125 Å². The lowest BCUT2D eigenvalue weighted by atomic mass is 9.85. The zero-order valence-corrected chi connectivity index (χ0v) is 12.7. The number of hydrogen-bond donors (Lipinski definition) is 2. The van der Waals surface area contributed by atoms with Crippen molar-refractivity contribution in [2.75, 3.05) is 6.54 Å². The summed E-state index contributed by atoms with van der Waals surface area (Å²) in [5, 5.41) is 3.90. The molecule has 3 rings (SSSR count). The monoisotopic (exact) mass is 319 g/mol.